The van der Waals surface area contributed by atoms with Crippen LogP contribution < -0.4 is 5.32 Å². The first kappa shape index (κ1) is 15.1. The molecule has 7 heteroatoms. The van der Waals surface area contributed by atoms with Crippen molar-refractivity contribution in [2.24, 2.45) is 0 Å². The van der Waals surface area contributed by atoms with Crippen LogP contribution in [0.25, 0.3) is 0 Å². The minimum Gasteiger partial charge on any atom is -0.380 e. The van der Waals surface area contributed by atoms with E-state index in [1.165, 1.54) is 17.4 Å². The Hall–Kier alpha value is -1.27. The highest BCUT2D eigenvalue weighted by molar-refractivity contribution is 7.11. The van der Waals surface area contributed by atoms with Crippen molar-refractivity contribution < 1.29 is 13.2 Å². The minimum absolute atomic E-state index is 0.0564. The van der Waals surface area contributed by atoms with Gasteiger partial charge in [-0.15, -0.1) is 11.3 Å². The SMILES string of the molecule is CCc1ncc(CNc2cc(Cl)cc(C(F)(F)F)c2)s1. The van der Waals surface area contributed by atoms with E-state index in [9.17, 15) is 13.2 Å². The molecule has 0 amide bonds. The Labute approximate surface area is 123 Å². The van der Waals surface area contributed by atoms with Crippen molar-refractivity contribution >= 4 is 28.6 Å². The van der Waals surface area contributed by atoms with Crippen LogP contribution >= 0.6 is 22.9 Å². The van der Waals surface area contributed by atoms with Crippen molar-refractivity contribution in [2.45, 2.75) is 26.1 Å². The van der Waals surface area contributed by atoms with Crippen LogP contribution in [-0.4, -0.2) is 4.98 Å². The Balaban J connectivity index is 2.11. The van der Waals surface area contributed by atoms with Crippen LogP contribution in [0.3, 0.4) is 0 Å². The number of nitrogens with zero attached hydrogens (tertiary/aromatic N) is 1. The van der Waals surface area contributed by atoms with Crippen LogP contribution in [-0.2, 0) is 19.1 Å². The Morgan fingerprint density at radius 2 is 2.05 bits per heavy atom. The third-order valence-corrected chi connectivity index (χ3v) is 3.96. The standard InChI is InChI=1S/C13H12ClF3N2S/c1-2-12-19-7-11(20-12)6-18-10-4-8(13(15,16)17)3-9(14)5-10/h3-5,7,18H,2,6H2,1H3. The highest BCUT2D eigenvalue weighted by Crippen LogP contribution is 2.33. The van der Waals surface area contributed by atoms with Crippen LogP contribution in [0.15, 0.2) is 24.4 Å². The highest BCUT2D eigenvalue weighted by Gasteiger charge is 2.31. The molecule has 0 fully saturated rings. The van der Waals surface area contributed by atoms with Gasteiger partial charge in [0.1, 0.15) is 0 Å². The average Bonchev–Trinajstić information content (AvgIpc) is 2.82. The largest absolute Gasteiger partial charge is 0.416 e. The van der Waals surface area contributed by atoms with E-state index < -0.39 is 11.7 Å². The van der Waals surface area contributed by atoms with Crippen molar-refractivity contribution in [3.05, 3.63) is 44.9 Å². The smallest absolute Gasteiger partial charge is 0.380 e. The van der Waals surface area contributed by atoms with E-state index in [0.717, 1.165) is 28.4 Å². The maximum atomic E-state index is 12.7. The lowest BCUT2D eigenvalue weighted by atomic mass is 10.2. The van der Waals surface area contributed by atoms with Gasteiger partial charge in [0.25, 0.3) is 0 Å². The van der Waals surface area contributed by atoms with E-state index in [2.05, 4.69) is 10.3 Å². The number of alkyl halides is 3. The molecule has 0 spiro atoms. The van der Waals surface area contributed by atoms with Gasteiger partial charge in [0.05, 0.1) is 17.1 Å². The summed E-state index contributed by atoms with van der Waals surface area (Å²) in [7, 11) is 0. The molecule has 0 aliphatic heterocycles. The summed E-state index contributed by atoms with van der Waals surface area (Å²) in [6, 6.07) is 3.43. The molecule has 1 aromatic heterocycles. The Morgan fingerprint density at radius 1 is 1.30 bits per heavy atom. The molecule has 0 aliphatic rings. The summed E-state index contributed by atoms with van der Waals surface area (Å²) in [5.41, 5.74) is -0.415. The molecule has 1 aromatic carbocycles. The lowest BCUT2D eigenvalue weighted by molar-refractivity contribution is -0.137. The van der Waals surface area contributed by atoms with Crippen LogP contribution in [0.1, 0.15) is 22.4 Å². The van der Waals surface area contributed by atoms with Crippen molar-refractivity contribution in [2.75, 3.05) is 5.32 Å². The minimum atomic E-state index is -4.40. The molecule has 0 unspecified atom stereocenters. The predicted molar refractivity (Wildman–Crippen MR) is 75.3 cm³/mol. The quantitative estimate of drug-likeness (QED) is 0.858. The van der Waals surface area contributed by atoms with E-state index in [0.29, 0.717) is 12.2 Å². The van der Waals surface area contributed by atoms with Gasteiger partial charge >= 0.3 is 6.18 Å². The molecule has 0 atom stereocenters. The molecule has 0 radical (unpaired) electrons. The number of thiazole rings is 1. The summed E-state index contributed by atoms with van der Waals surface area (Å²) >= 11 is 7.25. The van der Waals surface area contributed by atoms with Gasteiger partial charge in [0.2, 0.25) is 0 Å². The number of aromatic nitrogens is 1. The second kappa shape index (κ2) is 6.01. The van der Waals surface area contributed by atoms with Gasteiger partial charge in [0.15, 0.2) is 0 Å². The van der Waals surface area contributed by atoms with E-state index >= 15 is 0 Å². The molecule has 2 rings (SSSR count). The molecule has 0 saturated heterocycles. The molecule has 0 bridgehead atoms. The van der Waals surface area contributed by atoms with Gasteiger partial charge in [-0.05, 0) is 24.6 Å². The number of hydrogen-bond donors (Lipinski definition) is 1. The summed E-state index contributed by atoms with van der Waals surface area (Å²) in [5.74, 6) is 0. The molecule has 1 heterocycles. The van der Waals surface area contributed by atoms with Crippen LogP contribution in [0.2, 0.25) is 5.02 Å². The average molecular weight is 321 g/mol. The lowest BCUT2D eigenvalue weighted by Crippen LogP contribution is -2.06. The topological polar surface area (TPSA) is 24.9 Å². The molecular formula is C13H12ClF3N2S. The molecule has 2 aromatic rings. The Morgan fingerprint density at radius 3 is 2.65 bits per heavy atom. The van der Waals surface area contributed by atoms with Crippen LogP contribution in [0.5, 0.6) is 0 Å². The summed E-state index contributed by atoms with van der Waals surface area (Å²) in [5, 5.41) is 4.00. The van der Waals surface area contributed by atoms with E-state index in [1.54, 1.807) is 6.20 Å². The normalized spacial score (nSPS) is 11.7. The number of benzene rings is 1. The van der Waals surface area contributed by atoms with E-state index in [-0.39, 0.29) is 5.02 Å². The number of anilines is 1. The van der Waals surface area contributed by atoms with Crippen molar-refractivity contribution in [3.8, 4) is 0 Å². The van der Waals surface area contributed by atoms with Gasteiger partial charge < -0.3 is 5.32 Å². The highest BCUT2D eigenvalue weighted by atomic mass is 35.5. The van der Waals surface area contributed by atoms with Gasteiger partial charge in [-0.1, -0.05) is 18.5 Å². The van der Waals surface area contributed by atoms with Crippen molar-refractivity contribution in [1.29, 1.82) is 0 Å². The molecule has 2 nitrogen and oxygen atoms in total. The van der Waals surface area contributed by atoms with Gasteiger partial charge in [-0.25, -0.2) is 4.98 Å². The monoisotopic (exact) mass is 320 g/mol. The maximum absolute atomic E-state index is 12.7. The summed E-state index contributed by atoms with van der Waals surface area (Å²) in [4.78, 5) is 5.16. The fourth-order valence-electron chi connectivity index (χ4n) is 1.64. The zero-order chi connectivity index (χ0) is 14.8. The first-order chi connectivity index (χ1) is 9.38. The molecule has 108 valence electrons. The predicted octanol–water partition coefficient (Wildman–Crippen LogP) is 4.99. The summed E-state index contributed by atoms with van der Waals surface area (Å²) in [6.45, 7) is 2.43. The van der Waals surface area contributed by atoms with Gasteiger partial charge in [-0.3, -0.25) is 0 Å². The third kappa shape index (κ3) is 3.86. The van der Waals surface area contributed by atoms with Crippen molar-refractivity contribution in [1.82, 2.24) is 4.98 Å². The zero-order valence-corrected chi connectivity index (χ0v) is 12.2. The summed E-state index contributed by atoms with van der Waals surface area (Å²) < 4.78 is 38.0. The fraction of sp³-hybridized carbons (Fsp3) is 0.308. The molecular weight excluding hydrogens is 309 g/mol. The number of nitrogens with one attached hydrogen (secondary N) is 1. The fourth-order valence-corrected chi connectivity index (χ4v) is 2.67. The molecule has 20 heavy (non-hydrogen) atoms. The first-order valence-electron chi connectivity index (χ1n) is 5.93. The van der Waals surface area contributed by atoms with Crippen molar-refractivity contribution in [3.63, 3.8) is 0 Å². The number of hydrogen-bond acceptors (Lipinski definition) is 3. The van der Waals surface area contributed by atoms with Crippen LogP contribution in [0, 0.1) is 0 Å². The first-order valence-corrected chi connectivity index (χ1v) is 7.13. The zero-order valence-electron chi connectivity index (χ0n) is 10.6. The Kier molecular flexibility index (Phi) is 4.55. The second-order valence-electron chi connectivity index (χ2n) is 4.15. The molecule has 1 N–H and O–H groups in total. The number of halogens is 4. The van der Waals surface area contributed by atoms with E-state index in [4.69, 9.17) is 11.6 Å². The van der Waals surface area contributed by atoms with Gasteiger partial charge in [0, 0.05) is 21.8 Å². The molecule has 0 saturated carbocycles. The lowest BCUT2D eigenvalue weighted by Gasteiger charge is -2.11. The summed E-state index contributed by atoms with van der Waals surface area (Å²) in [6.07, 6.45) is -1.83. The second-order valence-corrected chi connectivity index (χ2v) is 5.79. The maximum Gasteiger partial charge on any atom is 0.416 e. The van der Waals surface area contributed by atoms with Crippen LogP contribution in [0.4, 0.5) is 18.9 Å². The number of aryl methyl sites for hydroxylation is 1. The molecule has 0 aliphatic carbocycles. The van der Waals surface area contributed by atoms with Gasteiger partial charge in [-0.2, -0.15) is 13.2 Å². The van der Waals surface area contributed by atoms with E-state index in [1.807, 2.05) is 6.92 Å². The third-order valence-electron chi connectivity index (χ3n) is 2.60. The Bertz CT molecular complexity index is 596. The number of rotatable bonds is 4.